The molecule has 0 radical (unpaired) electrons. The number of fused-ring (bicyclic) bond motifs is 2. The van der Waals surface area contributed by atoms with E-state index in [1.54, 1.807) is 22.6 Å². The number of anilines is 3. The normalized spacial score (nSPS) is 20.1. The number of aryl methyl sites for hydroxylation is 1. The fraction of sp³-hybridized carbons (Fsp3) is 0.441. The van der Waals surface area contributed by atoms with E-state index >= 15 is 0 Å². The number of benzene rings is 1. The van der Waals surface area contributed by atoms with E-state index in [4.69, 9.17) is 16.6 Å². The Bertz CT molecular complexity index is 2130. The molecule has 13 nitrogen and oxygen atoms in total. The van der Waals surface area contributed by atoms with Crippen LogP contribution in [0.15, 0.2) is 35.5 Å². The van der Waals surface area contributed by atoms with Gasteiger partial charge in [-0.15, -0.1) is 0 Å². The molecule has 1 saturated carbocycles. The third kappa shape index (κ3) is 6.29. The molecule has 7 rings (SSSR count). The van der Waals surface area contributed by atoms with Crippen molar-refractivity contribution in [1.82, 2.24) is 29.4 Å². The molecule has 268 valence electrons. The van der Waals surface area contributed by atoms with Gasteiger partial charge in [-0.25, -0.2) is 19.9 Å². The Labute approximate surface area is 295 Å². The first kappa shape index (κ1) is 34.5. The van der Waals surface area contributed by atoms with Crippen LogP contribution >= 0.6 is 11.6 Å². The molecule has 4 aromatic rings. The molecule has 3 aromatic heterocycles. The molecule has 0 spiro atoms. The molecule has 3 atom stereocenters. The van der Waals surface area contributed by atoms with E-state index in [9.17, 15) is 32.7 Å². The van der Waals surface area contributed by atoms with Gasteiger partial charge < -0.3 is 29.7 Å². The summed E-state index contributed by atoms with van der Waals surface area (Å²) in [5.41, 5.74) is -0.0360. The molecule has 0 bridgehead atoms. The molecule has 2 N–H and O–H groups in total. The lowest BCUT2D eigenvalue weighted by molar-refractivity contribution is -0.137. The quantitative estimate of drug-likeness (QED) is 0.281. The van der Waals surface area contributed by atoms with Gasteiger partial charge in [0.2, 0.25) is 11.3 Å². The predicted octanol–water partition coefficient (Wildman–Crippen LogP) is 4.42. The van der Waals surface area contributed by atoms with Crippen LogP contribution in [-0.2, 0) is 23.9 Å². The van der Waals surface area contributed by atoms with Gasteiger partial charge in [0.05, 0.1) is 28.2 Å². The summed E-state index contributed by atoms with van der Waals surface area (Å²) in [5.74, 6) is -0.170. The van der Waals surface area contributed by atoms with E-state index in [0.29, 0.717) is 35.6 Å². The van der Waals surface area contributed by atoms with Gasteiger partial charge in [-0.3, -0.25) is 14.4 Å². The zero-order valence-corrected chi connectivity index (χ0v) is 28.8. The Morgan fingerprint density at radius 2 is 1.90 bits per heavy atom. The van der Waals surface area contributed by atoms with Crippen molar-refractivity contribution in [3.63, 3.8) is 0 Å². The monoisotopic (exact) mass is 725 g/mol. The minimum Gasteiger partial charge on any atom is -0.504 e. The number of hydrogen-bond acceptors (Lipinski definition) is 10. The summed E-state index contributed by atoms with van der Waals surface area (Å²) in [5, 5.41) is 12.8. The SMILES string of the molecule is CCc1c(N2CCN(C(=O)c3ncnc(C)c3O)C[C@@H]2C)c(=O)c2nc(N3CC[C@H]4C[C@H]43)cnc2n1CC(=O)Nc1ccc(C(F)(F)F)cc1Cl. The number of piperidine rings is 1. The van der Waals surface area contributed by atoms with Crippen molar-refractivity contribution < 1.29 is 27.9 Å². The van der Waals surface area contributed by atoms with Crippen LogP contribution in [0.5, 0.6) is 5.75 Å². The van der Waals surface area contributed by atoms with Crippen molar-refractivity contribution in [2.75, 3.05) is 41.3 Å². The average molecular weight is 726 g/mol. The third-order valence-corrected chi connectivity index (χ3v) is 10.3. The summed E-state index contributed by atoms with van der Waals surface area (Å²) in [6, 6.07) is 2.66. The molecule has 3 aliphatic rings. The standard InChI is InChI=1S/C34H35ClF3N9O4/c1-4-23-29(45-10-9-44(14-17(45)2)33(51)28-30(49)18(3)40-16-41-28)31(50)27-32(39-13-25(43-27)46-8-7-19-11-24(19)46)47(23)15-26(48)42-22-6-5-20(12-21(22)35)34(36,37)38/h5-6,12-13,16-17,19,24,49H,4,7-11,14-15H2,1-3H3,(H,42,48)/t17-,19-,24+/m0/s1. The number of alkyl halides is 3. The van der Waals surface area contributed by atoms with E-state index in [1.807, 2.05) is 18.7 Å². The van der Waals surface area contributed by atoms with E-state index in [2.05, 4.69) is 25.2 Å². The van der Waals surface area contributed by atoms with Crippen molar-refractivity contribution >= 4 is 51.8 Å². The number of nitrogens with zero attached hydrogens (tertiary/aromatic N) is 8. The number of halogens is 4. The highest BCUT2D eigenvalue weighted by molar-refractivity contribution is 6.33. The van der Waals surface area contributed by atoms with Crippen LogP contribution in [0.25, 0.3) is 11.2 Å². The molecule has 2 saturated heterocycles. The maximum Gasteiger partial charge on any atom is 0.416 e. The minimum atomic E-state index is -4.60. The van der Waals surface area contributed by atoms with E-state index in [0.717, 1.165) is 37.6 Å². The second-order valence-electron chi connectivity index (χ2n) is 13.2. The molecule has 5 heterocycles. The van der Waals surface area contributed by atoms with Crippen molar-refractivity contribution in [2.45, 2.75) is 64.8 Å². The van der Waals surface area contributed by atoms with Gasteiger partial charge in [-0.05, 0) is 57.2 Å². The fourth-order valence-corrected chi connectivity index (χ4v) is 7.47. The topological polar surface area (TPSA) is 150 Å². The fourth-order valence-electron chi connectivity index (χ4n) is 7.24. The Kier molecular flexibility index (Phi) is 8.76. The molecule has 2 amide bonds. The number of carbonyl (C=O) groups excluding carboxylic acids is 2. The Balaban J connectivity index is 1.25. The summed E-state index contributed by atoms with van der Waals surface area (Å²) in [7, 11) is 0. The Hall–Kier alpha value is -4.99. The second-order valence-corrected chi connectivity index (χ2v) is 13.6. The summed E-state index contributed by atoms with van der Waals surface area (Å²) in [4.78, 5) is 64.5. The molecule has 2 aliphatic heterocycles. The van der Waals surface area contributed by atoms with E-state index in [1.165, 1.54) is 6.33 Å². The van der Waals surface area contributed by atoms with Gasteiger partial charge in [0, 0.05) is 44.0 Å². The first-order valence-corrected chi connectivity index (χ1v) is 17.1. The third-order valence-electron chi connectivity index (χ3n) is 9.96. The number of aromatic hydroxyl groups is 1. The van der Waals surface area contributed by atoms with E-state index in [-0.39, 0.29) is 76.7 Å². The molecule has 1 aliphatic carbocycles. The highest BCUT2D eigenvalue weighted by atomic mass is 35.5. The first-order valence-electron chi connectivity index (χ1n) is 16.7. The van der Waals surface area contributed by atoms with Crippen LogP contribution in [0.2, 0.25) is 5.02 Å². The number of hydrogen-bond donors (Lipinski definition) is 2. The van der Waals surface area contributed by atoms with E-state index < -0.39 is 23.6 Å². The Morgan fingerprint density at radius 1 is 1.12 bits per heavy atom. The largest absolute Gasteiger partial charge is 0.504 e. The second kappa shape index (κ2) is 13.0. The number of carbonyl (C=O) groups is 2. The number of pyridine rings is 1. The van der Waals surface area contributed by atoms with Crippen LogP contribution in [0, 0.1) is 12.8 Å². The Morgan fingerprint density at radius 3 is 2.55 bits per heavy atom. The number of aromatic nitrogens is 5. The summed E-state index contributed by atoms with van der Waals surface area (Å²) in [6.45, 7) is 6.41. The molecule has 51 heavy (non-hydrogen) atoms. The molecular formula is C34H35ClF3N9O4. The number of nitrogens with one attached hydrogen (secondary N) is 1. The lowest BCUT2D eigenvalue weighted by Gasteiger charge is -2.41. The molecule has 17 heteroatoms. The van der Waals surface area contributed by atoms with Crippen LogP contribution < -0.4 is 20.5 Å². The van der Waals surface area contributed by atoms with Gasteiger partial charge in [-0.2, -0.15) is 13.2 Å². The highest BCUT2D eigenvalue weighted by Gasteiger charge is 2.47. The van der Waals surface area contributed by atoms with Crippen molar-refractivity contribution in [3.05, 3.63) is 68.6 Å². The van der Waals surface area contributed by atoms with Gasteiger partial charge in [-0.1, -0.05) is 18.5 Å². The molecule has 0 unspecified atom stereocenters. The van der Waals surface area contributed by atoms with Gasteiger partial charge in [0.1, 0.15) is 24.4 Å². The van der Waals surface area contributed by atoms with Crippen molar-refractivity contribution in [1.29, 1.82) is 0 Å². The zero-order chi connectivity index (χ0) is 36.4. The summed E-state index contributed by atoms with van der Waals surface area (Å²) < 4.78 is 41.3. The van der Waals surface area contributed by atoms with Crippen LogP contribution in [0.4, 0.5) is 30.4 Å². The van der Waals surface area contributed by atoms with Gasteiger partial charge in [0.15, 0.2) is 22.6 Å². The highest BCUT2D eigenvalue weighted by Crippen LogP contribution is 2.46. The lowest BCUT2D eigenvalue weighted by Crippen LogP contribution is -2.55. The molecule has 1 aromatic carbocycles. The van der Waals surface area contributed by atoms with Gasteiger partial charge in [0.25, 0.3) is 5.91 Å². The van der Waals surface area contributed by atoms with Crippen LogP contribution in [-0.4, -0.2) is 84.6 Å². The predicted molar refractivity (Wildman–Crippen MR) is 183 cm³/mol. The number of piperazine rings is 1. The molecular weight excluding hydrogens is 691 g/mol. The van der Waals surface area contributed by atoms with Crippen LogP contribution in [0.3, 0.4) is 0 Å². The maximum atomic E-state index is 14.5. The average Bonchev–Trinajstić information content (AvgIpc) is 3.75. The maximum absolute atomic E-state index is 14.5. The lowest BCUT2D eigenvalue weighted by atomic mass is 10.1. The van der Waals surface area contributed by atoms with Gasteiger partial charge >= 0.3 is 6.18 Å². The van der Waals surface area contributed by atoms with Crippen LogP contribution in [0.1, 0.15) is 54.1 Å². The summed E-state index contributed by atoms with van der Waals surface area (Å²) >= 11 is 6.14. The zero-order valence-electron chi connectivity index (χ0n) is 28.0. The minimum absolute atomic E-state index is 0.000917. The van der Waals surface area contributed by atoms with Crippen molar-refractivity contribution in [3.8, 4) is 5.75 Å². The van der Waals surface area contributed by atoms with Crippen molar-refractivity contribution in [2.24, 2.45) is 5.92 Å². The first-order chi connectivity index (χ1) is 24.3. The summed E-state index contributed by atoms with van der Waals surface area (Å²) in [6.07, 6.45) is 0.633. The number of amides is 2. The smallest absolute Gasteiger partial charge is 0.416 e. The number of rotatable bonds is 7. The molecule has 3 fully saturated rings.